The largest absolute Gasteiger partial charge is 0.368 e. The first-order chi connectivity index (χ1) is 18.2. The van der Waals surface area contributed by atoms with E-state index in [-0.39, 0.29) is 36.2 Å². The van der Waals surface area contributed by atoms with E-state index >= 15 is 0 Å². The number of anilines is 1. The van der Waals surface area contributed by atoms with Gasteiger partial charge in [0.2, 0.25) is 11.8 Å². The molecule has 4 rings (SSSR count). The Morgan fingerprint density at radius 2 is 1.58 bits per heavy atom. The minimum Gasteiger partial charge on any atom is -0.368 e. The summed E-state index contributed by atoms with van der Waals surface area (Å²) in [5.74, 6) is 0.0994. The lowest BCUT2D eigenvalue weighted by Gasteiger charge is -2.45. The number of amides is 2. The molecule has 0 atom stereocenters. The summed E-state index contributed by atoms with van der Waals surface area (Å²) >= 11 is 0. The summed E-state index contributed by atoms with van der Waals surface area (Å²) in [6, 6.07) is 15.5. The highest BCUT2D eigenvalue weighted by molar-refractivity contribution is 5.84. The maximum absolute atomic E-state index is 12.8. The molecule has 1 saturated heterocycles. The van der Waals surface area contributed by atoms with E-state index in [4.69, 9.17) is 0 Å². The van der Waals surface area contributed by atoms with Gasteiger partial charge in [0, 0.05) is 56.3 Å². The zero-order valence-electron chi connectivity index (χ0n) is 24.1. The number of nitrogens with one attached hydrogen (secondary N) is 1. The Hall–Kier alpha value is -2.86. The molecular formula is C32H46N4O2. The maximum Gasteiger partial charge on any atom is 0.223 e. The summed E-state index contributed by atoms with van der Waals surface area (Å²) < 4.78 is 0. The third-order valence-electron chi connectivity index (χ3n) is 9.00. The first kappa shape index (κ1) is 28.2. The standard InChI is InChI=1S/C32H46N4O2/c1-24-9-11-27(12-10-24)23-32(34(4)5)17-15-28(16-18-32)33-30(37)13-14-31(38)36-21-19-35(20-22-36)29-8-6-7-25(2)26(29)3/h6-12,28H,13-23H2,1-5H3,(H,33,37). The molecule has 38 heavy (non-hydrogen) atoms. The third kappa shape index (κ3) is 6.76. The Morgan fingerprint density at radius 3 is 2.21 bits per heavy atom. The molecule has 2 amide bonds. The third-order valence-corrected chi connectivity index (χ3v) is 9.00. The number of piperazine rings is 1. The molecule has 2 fully saturated rings. The van der Waals surface area contributed by atoms with Gasteiger partial charge in [0.15, 0.2) is 0 Å². The predicted molar refractivity (Wildman–Crippen MR) is 156 cm³/mol. The molecule has 206 valence electrons. The fraction of sp³-hybridized carbons (Fsp3) is 0.562. The highest BCUT2D eigenvalue weighted by atomic mass is 16.2. The smallest absolute Gasteiger partial charge is 0.223 e. The molecule has 0 spiro atoms. The van der Waals surface area contributed by atoms with Gasteiger partial charge in [0.05, 0.1) is 0 Å². The summed E-state index contributed by atoms with van der Waals surface area (Å²) in [4.78, 5) is 32.2. The summed E-state index contributed by atoms with van der Waals surface area (Å²) in [5.41, 5.74) is 6.66. The Kier molecular flexibility index (Phi) is 9.14. The number of nitrogens with zero attached hydrogens (tertiary/aromatic N) is 3. The zero-order chi connectivity index (χ0) is 27.3. The second kappa shape index (κ2) is 12.3. The van der Waals surface area contributed by atoms with E-state index in [2.05, 4.69) is 92.4 Å². The van der Waals surface area contributed by atoms with Crippen molar-refractivity contribution in [1.82, 2.24) is 15.1 Å². The SMILES string of the molecule is Cc1ccc(CC2(N(C)C)CCC(NC(=O)CCC(=O)N3CCN(c4cccc(C)c4C)CC3)CC2)cc1. The lowest BCUT2D eigenvalue weighted by Crippen LogP contribution is -2.52. The van der Waals surface area contributed by atoms with Crippen molar-refractivity contribution < 1.29 is 9.59 Å². The first-order valence-electron chi connectivity index (χ1n) is 14.3. The molecule has 0 aromatic heterocycles. The average Bonchev–Trinajstić information content (AvgIpc) is 2.91. The van der Waals surface area contributed by atoms with Crippen LogP contribution in [0.3, 0.4) is 0 Å². The van der Waals surface area contributed by atoms with Crippen LogP contribution in [-0.4, -0.2) is 73.5 Å². The van der Waals surface area contributed by atoms with Crippen LogP contribution in [0.1, 0.15) is 60.8 Å². The van der Waals surface area contributed by atoms with Crippen LogP contribution in [0, 0.1) is 20.8 Å². The van der Waals surface area contributed by atoms with E-state index in [0.29, 0.717) is 13.1 Å². The Labute approximate surface area is 229 Å². The highest BCUT2D eigenvalue weighted by Gasteiger charge is 2.37. The van der Waals surface area contributed by atoms with E-state index in [1.807, 2.05) is 4.90 Å². The molecular weight excluding hydrogens is 472 g/mol. The van der Waals surface area contributed by atoms with Crippen molar-refractivity contribution >= 4 is 17.5 Å². The number of carbonyl (C=O) groups excluding carboxylic acids is 2. The van der Waals surface area contributed by atoms with Crippen LogP contribution in [0.25, 0.3) is 0 Å². The first-order valence-corrected chi connectivity index (χ1v) is 14.3. The molecule has 0 radical (unpaired) electrons. The second-order valence-electron chi connectivity index (χ2n) is 11.7. The lowest BCUT2D eigenvalue weighted by atomic mass is 9.74. The van der Waals surface area contributed by atoms with Crippen LogP contribution in [0.2, 0.25) is 0 Å². The Morgan fingerprint density at radius 1 is 0.921 bits per heavy atom. The van der Waals surface area contributed by atoms with Crippen molar-refractivity contribution in [3.8, 4) is 0 Å². The van der Waals surface area contributed by atoms with Crippen molar-refractivity contribution in [1.29, 1.82) is 0 Å². The van der Waals surface area contributed by atoms with Crippen molar-refractivity contribution in [2.24, 2.45) is 0 Å². The van der Waals surface area contributed by atoms with E-state index in [9.17, 15) is 9.59 Å². The van der Waals surface area contributed by atoms with Crippen molar-refractivity contribution in [3.63, 3.8) is 0 Å². The van der Waals surface area contributed by atoms with Crippen LogP contribution in [0.15, 0.2) is 42.5 Å². The maximum atomic E-state index is 12.8. The molecule has 2 aromatic rings. The van der Waals surface area contributed by atoms with Gasteiger partial charge in [0.1, 0.15) is 0 Å². The molecule has 2 aliphatic rings. The molecule has 1 heterocycles. The van der Waals surface area contributed by atoms with Gasteiger partial charge < -0.3 is 20.0 Å². The van der Waals surface area contributed by atoms with E-state index in [0.717, 1.165) is 45.2 Å². The molecule has 0 unspecified atom stereocenters. The normalized spacial score (nSPS) is 22.0. The van der Waals surface area contributed by atoms with Gasteiger partial charge in [-0.05, 0) is 89.7 Å². The van der Waals surface area contributed by atoms with Gasteiger partial charge in [-0.25, -0.2) is 0 Å². The van der Waals surface area contributed by atoms with Crippen LogP contribution in [0.4, 0.5) is 5.69 Å². The van der Waals surface area contributed by atoms with E-state index in [1.54, 1.807) is 0 Å². The number of benzene rings is 2. The molecule has 6 heteroatoms. The quantitative estimate of drug-likeness (QED) is 0.553. The van der Waals surface area contributed by atoms with Gasteiger partial charge in [-0.15, -0.1) is 0 Å². The molecule has 6 nitrogen and oxygen atoms in total. The number of carbonyl (C=O) groups is 2. The molecule has 2 aromatic carbocycles. The predicted octanol–water partition coefficient (Wildman–Crippen LogP) is 4.64. The van der Waals surface area contributed by atoms with Crippen LogP contribution in [0.5, 0.6) is 0 Å². The number of likely N-dealkylation sites (N-methyl/N-ethyl adjacent to an activating group) is 1. The van der Waals surface area contributed by atoms with Crippen molar-refractivity contribution in [2.75, 3.05) is 45.2 Å². The second-order valence-corrected chi connectivity index (χ2v) is 11.7. The van der Waals surface area contributed by atoms with Crippen LogP contribution >= 0.6 is 0 Å². The fourth-order valence-electron chi connectivity index (χ4n) is 6.12. The molecule has 1 aliphatic carbocycles. The van der Waals surface area contributed by atoms with Gasteiger partial charge >= 0.3 is 0 Å². The zero-order valence-corrected chi connectivity index (χ0v) is 24.1. The number of rotatable bonds is 8. The van der Waals surface area contributed by atoms with Crippen molar-refractivity contribution in [2.45, 2.75) is 77.3 Å². The molecule has 1 N–H and O–H groups in total. The number of aryl methyl sites for hydroxylation is 2. The number of hydrogen-bond donors (Lipinski definition) is 1. The number of hydrogen-bond acceptors (Lipinski definition) is 4. The van der Waals surface area contributed by atoms with E-state index in [1.165, 1.54) is 27.9 Å². The van der Waals surface area contributed by atoms with Gasteiger partial charge in [-0.2, -0.15) is 0 Å². The summed E-state index contributed by atoms with van der Waals surface area (Å²) in [6.07, 6.45) is 5.66. The van der Waals surface area contributed by atoms with Crippen molar-refractivity contribution in [3.05, 3.63) is 64.7 Å². The van der Waals surface area contributed by atoms with Gasteiger partial charge in [0.25, 0.3) is 0 Å². The fourth-order valence-corrected chi connectivity index (χ4v) is 6.12. The summed E-state index contributed by atoms with van der Waals surface area (Å²) in [7, 11) is 4.36. The van der Waals surface area contributed by atoms with Gasteiger partial charge in [-0.3, -0.25) is 9.59 Å². The van der Waals surface area contributed by atoms with Crippen LogP contribution < -0.4 is 10.2 Å². The molecule has 1 aliphatic heterocycles. The Bertz CT molecular complexity index is 1090. The minimum absolute atomic E-state index is 0.00765. The monoisotopic (exact) mass is 518 g/mol. The van der Waals surface area contributed by atoms with Crippen LogP contribution in [-0.2, 0) is 16.0 Å². The van der Waals surface area contributed by atoms with E-state index < -0.39 is 0 Å². The molecule has 1 saturated carbocycles. The summed E-state index contributed by atoms with van der Waals surface area (Å²) in [5, 5.41) is 3.23. The summed E-state index contributed by atoms with van der Waals surface area (Å²) in [6.45, 7) is 9.52. The van der Waals surface area contributed by atoms with Gasteiger partial charge in [-0.1, -0.05) is 42.0 Å². The highest BCUT2D eigenvalue weighted by Crippen LogP contribution is 2.35. The minimum atomic E-state index is 0.00765. The average molecular weight is 519 g/mol. The molecule has 0 bridgehead atoms. The Balaban J connectivity index is 1.19. The lowest BCUT2D eigenvalue weighted by molar-refractivity contribution is -0.134. The topological polar surface area (TPSA) is 55.9 Å².